The fraction of sp³-hybridized carbons (Fsp3) is 0.556. The number of rotatable bonds is 3. The summed E-state index contributed by atoms with van der Waals surface area (Å²) < 4.78 is 43.3. The Hall–Kier alpha value is -0.530. The summed E-state index contributed by atoms with van der Waals surface area (Å²) in [5.41, 5.74) is 2.17. The van der Waals surface area contributed by atoms with Crippen molar-refractivity contribution in [1.29, 1.82) is 0 Å². The lowest BCUT2D eigenvalue weighted by molar-refractivity contribution is -0.281. The van der Waals surface area contributed by atoms with Crippen LogP contribution in [0.2, 0.25) is 0 Å². The third-order valence-electron chi connectivity index (χ3n) is 2.37. The van der Waals surface area contributed by atoms with E-state index in [2.05, 4.69) is 20.3 Å². The maximum atomic E-state index is 12.9. The van der Waals surface area contributed by atoms with E-state index in [1.165, 1.54) is 13.0 Å². The lowest BCUT2D eigenvalue weighted by atomic mass is 9.89. The van der Waals surface area contributed by atoms with Gasteiger partial charge in [0.15, 0.2) is 5.76 Å². The van der Waals surface area contributed by atoms with Crippen molar-refractivity contribution < 1.29 is 22.7 Å². The molecule has 1 heterocycles. The van der Waals surface area contributed by atoms with E-state index < -0.39 is 23.6 Å². The number of halogens is 4. The predicted molar refractivity (Wildman–Crippen MR) is 54.6 cm³/mol. The van der Waals surface area contributed by atoms with Gasteiger partial charge in [-0.3, -0.25) is 0 Å². The van der Waals surface area contributed by atoms with E-state index in [-0.39, 0.29) is 10.9 Å². The lowest BCUT2D eigenvalue weighted by Gasteiger charge is -2.33. The molecule has 0 saturated carbocycles. The first-order valence-electron chi connectivity index (χ1n) is 4.53. The van der Waals surface area contributed by atoms with Gasteiger partial charge in [-0.2, -0.15) is 13.2 Å². The van der Waals surface area contributed by atoms with Crippen molar-refractivity contribution in [2.45, 2.75) is 31.2 Å². The van der Waals surface area contributed by atoms with Crippen molar-refractivity contribution in [2.75, 3.05) is 0 Å². The van der Waals surface area contributed by atoms with Gasteiger partial charge >= 0.3 is 6.18 Å². The van der Waals surface area contributed by atoms with Crippen LogP contribution in [0.25, 0.3) is 0 Å². The van der Waals surface area contributed by atoms with Crippen LogP contribution in [0.15, 0.2) is 21.2 Å². The molecule has 0 amide bonds. The molecule has 0 aliphatic heterocycles. The fourth-order valence-electron chi connectivity index (χ4n) is 1.37. The molecule has 0 aliphatic carbocycles. The minimum atomic E-state index is -4.90. The zero-order valence-corrected chi connectivity index (χ0v) is 9.97. The summed E-state index contributed by atoms with van der Waals surface area (Å²) in [6, 6.07) is -0.219. The van der Waals surface area contributed by atoms with E-state index in [1.54, 1.807) is 0 Å². The van der Waals surface area contributed by atoms with Gasteiger partial charge in [0.05, 0.1) is 10.7 Å². The summed E-state index contributed by atoms with van der Waals surface area (Å²) in [5.74, 6) is -0.616. The third kappa shape index (κ3) is 1.99. The Morgan fingerprint density at radius 3 is 2.44 bits per heavy atom. The molecule has 92 valence electrons. The molecule has 1 aromatic heterocycles. The average Bonchev–Trinajstić information content (AvgIpc) is 2.60. The van der Waals surface area contributed by atoms with Crippen LogP contribution in [0, 0.1) is 0 Å². The van der Waals surface area contributed by atoms with Crippen molar-refractivity contribution >= 4 is 15.9 Å². The van der Waals surface area contributed by atoms with Crippen LogP contribution < -0.4 is 5.73 Å². The minimum absolute atomic E-state index is 0.0382. The smallest absolute Gasteiger partial charge is 0.426 e. The maximum Gasteiger partial charge on any atom is 0.426 e. The molecule has 0 fully saturated rings. The molecular weight excluding hydrogens is 291 g/mol. The van der Waals surface area contributed by atoms with Crippen LogP contribution in [-0.2, 0) is 5.60 Å². The quantitative estimate of drug-likeness (QED) is 0.902. The summed E-state index contributed by atoms with van der Waals surface area (Å²) in [6.07, 6.45) is -3.88. The van der Waals surface area contributed by atoms with Crippen molar-refractivity contribution in [3.8, 4) is 0 Å². The maximum absolute atomic E-state index is 12.9. The first-order valence-corrected chi connectivity index (χ1v) is 5.32. The molecule has 2 unspecified atom stereocenters. The summed E-state index contributed by atoms with van der Waals surface area (Å²) >= 11 is 2.88. The lowest BCUT2D eigenvalue weighted by Crippen LogP contribution is -2.55. The highest BCUT2D eigenvalue weighted by molar-refractivity contribution is 9.10. The van der Waals surface area contributed by atoms with E-state index in [4.69, 9.17) is 5.73 Å². The molecule has 7 heteroatoms. The zero-order chi connectivity index (χ0) is 12.6. The number of alkyl halides is 3. The number of hydrogen-bond acceptors (Lipinski definition) is 3. The van der Waals surface area contributed by atoms with Gasteiger partial charge in [-0.05, 0) is 28.4 Å². The normalized spacial score (nSPS) is 18.2. The largest absolute Gasteiger partial charge is 0.465 e. The first-order chi connectivity index (χ1) is 7.25. The van der Waals surface area contributed by atoms with E-state index >= 15 is 0 Å². The van der Waals surface area contributed by atoms with Gasteiger partial charge < -0.3 is 15.3 Å². The second-order valence-corrected chi connectivity index (χ2v) is 4.23. The number of furan rings is 1. The highest BCUT2D eigenvalue weighted by atomic mass is 79.9. The Balaban J connectivity index is 3.32. The average molecular weight is 302 g/mol. The summed E-state index contributed by atoms with van der Waals surface area (Å²) in [6.45, 7) is 1.46. The van der Waals surface area contributed by atoms with Crippen LogP contribution in [0.4, 0.5) is 13.2 Å². The fourth-order valence-corrected chi connectivity index (χ4v) is 1.87. The van der Waals surface area contributed by atoms with E-state index in [9.17, 15) is 18.3 Å². The molecule has 0 aromatic carbocycles. The number of nitrogens with two attached hydrogens (primary N) is 1. The molecule has 0 saturated heterocycles. The summed E-state index contributed by atoms with van der Waals surface area (Å²) in [5, 5.41) is 9.78. The number of aliphatic hydroxyl groups is 1. The molecular formula is C9H11BrF3NO2. The molecule has 1 rings (SSSR count). The van der Waals surface area contributed by atoms with Gasteiger partial charge in [0.25, 0.3) is 0 Å². The Labute approximate surface area is 98.5 Å². The Morgan fingerprint density at radius 1 is 1.56 bits per heavy atom. The molecule has 0 aliphatic rings. The van der Waals surface area contributed by atoms with Crippen LogP contribution in [-0.4, -0.2) is 17.3 Å². The molecule has 16 heavy (non-hydrogen) atoms. The van der Waals surface area contributed by atoms with Crippen molar-refractivity contribution in [2.24, 2.45) is 5.73 Å². The van der Waals surface area contributed by atoms with Crippen LogP contribution in [0.5, 0.6) is 0 Å². The van der Waals surface area contributed by atoms with Crippen LogP contribution in [0.1, 0.15) is 19.1 Å². The van der Waals surface area contributed by atoms with Gasteiger partial charge in [0.1, 0.15) is 0 Å². The molecule has 2 atom stereocenters. The highest BCUT2D eigenvalue weighted by Gasteiger charge is 2.61. The second-order valence-electron chi connectivity index (χ2n) is 3.38. The van der Waals surface area contributed by atoms with Crippen LogP contribution in [0.3, 0.4) is 0 Å². The highest BCUT2D eigenvalue weighted by Crippen LogP contribution is 2.44. The summed E-state index contributed by atoms with van der Waals surface area (Å²) in [4.78, 5) is 0. The minimum Gasteiger partial charge on any atom is -0.465 e. The standard InChI is InChI=1S/C9H11BrF3NO2/c1-2-6(14)8(15,9(11,12)13)7-5(10)3-4-16-7/h3-4,6,15H,2,14H2,1H3. The SMILES string of the molecule is CCC(N)C(O)(c1occc1Br)C(F)(F)F. The number of hydrogen-bond donors (Lipinski definition) is 2. The molecule has 3 nitrogen and oxygen atoms in total. The van der Waals surface area contributed by atoms with Gasteiger partial charge in [-0.15, -0.1) is 0 Å². The molecule has 0 spiro atoms. The predicted octanol–water partition coefficient (Wildman–Crippen LogP) is 2.53. The van der Waals surface area contributed by atoms with E-state index in [0.717, 1.165) is 6.26 Å². The van der Waals surface area contributed by atoms with E-state index in [0.29, 0.717) is 0 Å². The topological polar surface area (TPSA) is 59.4 Å². The third-order valence-corrected chi connectivity index (χ3v) is 3.00. The Bertz CT molecular complexity index is 366. The Kier molecular flexibility index (Phi) is 3.71. The van der Waals surface area contributed by atoms with Crippen molar-refractivity contribution in [3.05, 3.63) is 22.6 Å². The Morgan fingerprint density at radius 2 is 2.12 bits per heavy atom. The van der Waals surface area contributed by atoms with Crippen molar-refractivity contribution in [3.63, 3.8) is 0 Å². The van der Waals surface area contributed by atoms with Crippen molar-refractivity contribution in [1.82, 2.24) is 0 Å². The van der Waals surface area contributed by atoms with Gasteiger partial charge in [0, 0.05) is 6.04 Å². The molecule has 0 bridgehead atoms. The second kappa shape index (κ2) is 4.38. The van der Waals surface area contributed by atoms with Crippen LogP contribution >= 0.6 is 15.9 Å². The molecule has 3 N–H and O–H groups in total. The molecule has 0 radical (unpaired) electrons. The van der Waals surface area contributed by atoms with Gasteiger partial charge in [-0.1, -0.05) is 6.92 Å². The molecule has 1 aromatic rings. The van der Waals surface area contributed by atoms with Gasteiger partial charge in [-0.25, -0.2) is 0 Å². The van der Waals surface area contributed by atoms with Gasteiger partial charge in [0.2, 0.25) is 5.60 Å². The monoisotopic (exact) mass is 301 g/mol. The zero-order valence-electron chi connectivity index (χ0n) is 8.38. The summed E-state index contributed by atoms with van der Waals surface area (Å²) in [7, 11) is 0. The van der Waals surface area contributed by atoms with E-state index in [1.807, 2.05) is 0 Å². The first kappa shape index (κ1) is 13.5.